The van der Waals surface area contributed by atoms with Crippen molar-refractivity contribution in [3.63, 3.8) is 0 Å². The maximum atomic E-state index is 13.6. The van der Waals surface area contributed by atoms with Gasteiger partial charge in [-0.05, 0) is 25.5 Å². The van der Waals surface area contributed by atoms with E-state index in [1.807, 2.05) is 13.8 Å². The van der Waals surface area contributed by atoms with Gasteiger partial charge in [0, 0.05) is 17.8 Å². The molecular formula is C16H18FN3O2S. The van der Waals surface area contributed by atoms with Gasteiger partial charge in [-0.2, -0.15) is 0 Å². The van der Waals surface area contributed by atoms with E-state index < -0.39 is 5.91 Å². The quantitative estimate of drug-likeness (QED) is 0.849. The SMILES string of the molecule is CC(C)NC(=O)CNC(=O)c1csc(Cc2ccccc2F)n1. The van der Waals surface area contributed by atoms with Crippen LogP contribution in [0.3, 0.4) is 0 Å². The molecule has 0 aliphatic carbocycles. The third kappa shape index (κ3) is 5.14. The number of benzene rings is 1. The minimum absolute atomic E-state index is 0.0195. The second kappa shape index (κ2) is 7.82. The summed E-state index contributed by atoms with van der Waals surface area (Å²) < 4.78 is 13.6. The third-order valence-corrected chi connectivity index (χ3v) is 3.79. The molecule has 2 N–H and O–H groups in total. The Morgan fingerprint density at radius 3 is 2.74 bits per heavy atom. The molecule has 2 rings (SSSR count). The fourth-order valence-electron chi connectivity index (χ4n) is 1.93. The molecule has 1 heterocycles. The summed E-state index contributed by atoms with van der Waals surface area (Å²) in [6.07, 6.45) is 0.332. The number of carbonyl (C=O) groups excluding carboxylic acids is 2. The zero-order valence-electron chi connectivity index (χ0n) is 12.9. The Morgan fingerprint density at radius 1 is 1.30 bits per heavy atom. The van der Waals surface area contributed by atoms with Crippen molar-refractivity contribution in [2.24, 2.45) is 0 Å². The molecule has 0 aliphatic rings. The summed E-state index contributed by atoms with van der Waals surface area (Å²) in [6.45, 7) is 3.58. The molecule has 0 spiro atoms. The lowest BCUT2D eigenvalue weighted by atomic mass is 10.1. The molecular weight excluding hydrogens is 317 g/mol. The molecule has 7 heteroatoms. The van der Waals surface area contributed by atoms with Crippen LogP contribution in [0.4, 0.5) is 4.39 Å². The van der Waals surface area contributed by atoms with Crippen molar-refractivity contribution >= 4 is 23.2 Å². The first-order valence-corrected chi connectivity index (χ1v) is 8.09. The van der Waals surface area contributed by atoms with Crippen molar-refractivity contribution in [1.82, 2.24) is 15.6 Å². The van der Waals surface area contributed by atoms with E-state index in [0.717, 1.165) is 0 Å². The highest BCUT2D eigenvalue weighted by Crippen LogP contribution is 2.16. The number of halogens is 1. The summed E-state index contributed by atoms with van der Waals surface area (Å²) in [5, 5.41) is 7.44. The van der Waals surface area contributed by atoms with Crippen molar-refractivity contribution in [3.8, 4) is 0 Å². The highest BCUT2D eigenvalue weighted by molar-refractivity contribution is 7.09. The van der Waals surface area contributed by atoms with E-state index in [9.17, 15) is 14.0 Å². The van der Waals surface area contributed by atoms with E-state index >= 15 is 0 Å². The van der Waals surface area contributed by atoms with Gasteiger partial charge in [-0.1, -0.05) is 18.2 Å². The van der Waals surface area contributed by atoms with Crippen molar-refractivity contribution in [2.45, 2.75) is 26.3 Å². The van der Waals surface area contributed by atoms with Crippen LogP contribution in [0.1, 0.15) is 34.9 Å². The minimum Gasteiger partial charge on any atom is -0.352 e. The third-order valence-electron chi connectivity index (χ3n) is 2.94. The number of rotatable bonds is 6. The molecule has 0 fully saturated rings. The Morgan fingerprint density at radius 2 is 2.04 bits per heavy atom. The van der Waals surface area contributed by atoms with Crippen LogP contribution in [0.25, 0.3) is 0 Å². The molecule has 0 atom stereocenters. The first kappa shape index (κ1) is 17.1. The van der Waals surface area contributed by atoms with Crippen molar-refractivity contribution in [1.29, 1.82) is 0 Å². The number of hydrogen-bond acceptors (Lipinski definition) is 4. The molecule has 2 aromatic rings. The Hall–Kier alpha value is -2.28. The van der Waals surface area contributed by atoms with E-state index in [0.29, 0.717) is 17.0 Å². The largest absolute Gasteiger partial charge is 0.352 e. The normalized spacial score (nSPS) is 10.6. The van der Waals surface area contributed by atoms with Gasteiger partial charge in [-0.3, -0.25) is 9.59 Å². The number of carbonyl (C=O) groups is 2. The predicted molar refractivity (Wildman–Crippen MR) is 86.9 cm³/mol. The first-order valence-electron chi connectivity index (χ1n) is 7.21. The van der Waals surface area contributed by atoms with Gasteiger partial charge in [0.1, 0.15) is 11.5 Å². The fraction of sp³-hybridized carbons (Fsp3) is 0.312. The van der Waals surface area contributed by atoms with E-state index in [1.165, 1.54) is 17.4 Å². The van der Waals surface area contributed by atoms with Gasteiger partial charge in [-0.25, -0.2) is 9.37 Å². The number of thiazole rings is 1. The van der Waals surface area contributed by atoms with Crippen LogP contribution >= 0.6 is 11.3 Å². The van der Waals surface area contributed by atoms with Gasteiger partial charge >= 0.3 is 0 Å². The number of nitrogens with one attached hydrogen (secondary N) is 2. The van der Waals surface area contributed by atoms with Gasteiger partial charge in [-0.15, -0.1) is 11.3 Å². The Kier molecular flexibility index (Phi) is 5.81. The average Bonchev–Trinajstić information content (AvgIpc) is 2.95. The van der Waals surface area contributed by atoms with Gasteiger partial charge in [0.15, 0.2) is 0 Å². The topological polar surface area (TPSA) is 71.1 Å². The van der Waals surface area contributed by atoms with Crippen LogP contribution in [-0.2, 0) is 11.2 Å². The van der Waals surface area contributed by atoms with Gasteiger partial charge in [0.05, 0.1) is 11.6 Å². The molecule has 0 unspecified atom stereocenters. The second-order valence-electron chi connectivity index (χ2n) is 5.30. The van der Waals surface area contributed by atoms with Crippen LogP contribution in [0.2, 0.25) is 0 Å². The molecule has 0 saturated heterocycles. The highest BCUT2D eigenvalue weighted by atomic mass is 32.1. The zero-order chi connectivity index (χ0) is 16.8. The van der Waals surface area contributed by atoms with Crippen molar-refractivity contribution < 1.29 is 14.0 Å². The molecule has 122 valence electrons. The van der Waals surface area contributed by atoms with Crippen molar-refractivity contribution in [3.05, 3.63) is 51.7 Å². The molecule has 2 amide bonds. The zero-order valence-corrected chi connectivity index (χ0v) is 13.7. The predicted octanol–water partition coefficient (Wildman–Crippen LogP) is 2.13. The molecule has 0 radical (unpaired) electrons. The fourth-order valence-corrected chi connectivity index (χ4v) is 2.72. The molecule has 0 saturated carbocycles. The lowest BCUT2D eigenvalue weighted by Gasteiger charge is -2.08. The number of amides is 2. The Bertz CT molecular complexity index is 700. The summed E-state index contributed by atoms with van der Waals surface area (Å²) in [7, 11) is 0. The molecule has 23 heavy (non-hydrogen) atoms. The number of hydrogen-bond donors (Lipinski definition) is 2. The molecule has 5 nitrogen and oxygen atoms in total. The molecule has 0 bridgehead atoms. The van der Waals surface area contributed by atoms with Crippen LogP contribution in [0, 0.1) is 5.82 Å². The van der Waals surface area contributed by atoms with E-state index in [4.69, 9.17) is 0 Å². The Labute approximate surface area is 137 Å². The summed E-state index contributed by atoms with van der Waals surface area (Å²) in [5.41, 5.74) is 0.767. The molecule has 1 aromatic carbocycles. The second-order valence-corrected chi connectivity index (χ2v) is 6.24. The maximum absolute atomic E-state index is 13.6. The molecule has 1 aromatic heterocycles. The monoisotopic (exact) mass is 335 g/mol. The lowest BCUT2D eigenvalue weighted by molar-refractivity contribution is -0.120. The Balaban J connectivity index is 1.92. The number of nitrogens with zero attached hydrogens (tertiary/aromatic N) is 1. The first-order chi connectivity index (χ1) is 11.0. The van der Waals surface area contributed by atoms with Gasteiger partial charge in [0.25, 0.3) is 5.91 Å². The van der Waals surface area contributed by atoms with Gasteiger partial charge < -0.3 is 10.6 Å². The maximum Gasteiger partial charge on any atom is 0.271 e. The summed E-state index contributed by atoms with van der Waals surface area (Å²) in [6, 6.07) is 6.48. The summed E-state index contributed by atoms with van der Waals surface area (Å²) in [5.74, 6) is -0.964. The number of aromatic nitrogens is 1. The average molecular weight is 335 g/mol. The van der Waals surface area contributed by atoms with Crippen LogP contribution in [0.5, 0.6) is 0 Å². The van der Waals surface area contributed by atoms with Crippen LogP contribution in [0.15, 0.2) is 29.6 Å². The van der Waals surface area contributed by atoms with Crippen LogP contribution in [-0.4, -0.2) is 29.4 Å². The summed E-state index contributed by atoms with van der Waals surface area (Å²) in [4.78, 5) is 27.6. The lowest BCUT2D eigenvalue weighted by Crippen LogP contribution is -2.39. The minimum atomic E-state index is -0.417. The van der Waals surface area contributed by atoms with Gasteiger partial charge in [0.2, 0.25) is 5.91 Å². The van der Waals surface area contributed by atoms with E-state index in [-0.39, 0.29) is 30.0 Å². The van der Waals surface area contributed by atoms with E-state index in [2.05, 4.69) is 15.6 Å². The highest BCUT2D eigenvalue weighted by Gasteiger charge is 2.13. The summed E-state index contributed by atoms with van der Waals surface area (Å²) >= 11 is 1.29. The molecule has 0 aliphatic heterocycles. The van der Waals surface area contributed by atoms with Crippen molar-refractivity contribution in [2.75, 3.05) is 6.54 Å². The van der Waals surface area contributed by atoms with Crippen LogP contribution < -0.4 is 10.6 Å². The smallest absolute Gasteiger partial charge is 0.271 e. The standard InChI is InChI=1S/C16H18FN3O2S/c1-10(2)19-14(21)8-18-16(22)13-9-23-15(20-13)7-11-5-3-4-6-12(11)17/h3-6,9-10H,7-8H2,1-2H3,(H,18,22)(H,19,21). The van der Waals surface area contributed by atoms with E-state index in [1.54, 1.807) is 23.6 Å².